The van der Waals surface area contributed by atoms with E-state index in [1.807, 2.05) is 38.1 Å². The number of nitrogens with one attached hydrogen (secondary N) is 2. The molecule has 0 aliphatic rings. The number of ether oxygens (including phenoxy) is 1. The van der Waals surface area contributed by atoms with E-state index in [2.05, 4.69) is 21.7 Å². The maximum Gasteiger partial charge on any atom is 0.191 e. The molecule has 0 unspecified atom stereocenters. The molecule has 0 saturated heterocycles. The minimum Gasteiger partial charge on any atom is -0.382 e. The van der Waals surface area contributed by atoms with Gasteiger partial charge in [0.05, 0.1) is 18.2 Å². The first kappa shape index (κ1) is 18.0. The number of benzene rings is 1. The minimum absolute atomic E-state index is 0.597. The Bertz CT molecular complexity index is 476. The highest BCUT2D eigenvalue weighted by atomic mass is 16.5. The lowest BCUT2D eigenvalue weighted by molar-refractivity contribution is 0.143. The van der Waals surface area contributed by atoms with Gasteiger partial charge in [-0.25, -0.2) is 4.99 Å². The van der Waals surface area contributed by atoms with Gasteiger partial charge in [-0.2, -0.15) is 5.26 Å². The molecule has 0 bridgehead atoms. The van der Waals surface area contributed by atoms with Crippen LogP contribution < -0.4 is 10.6 Å². The summed E-state index contributed by atoms with van der Waals surface area (Å²) in [5, 5.41) is 15.3. The summed E-state index contributed by atoms with van der Waals surface area (Å²) in [5.41, 5.74) is 1.76. The lowest BCUT2D eigenvalue weighted by Gasteiger charge is -2.11. The molecule has 5 heteroatoms. The Morgan fingerprint density at radius 1 is 1.18 bits per heavy atom. The highest BCUT2D eigenvalue weighted by Crippen LogP contribution is 2.04. The zero-order chi connectivity index (χ0) is 16.0. The largest absolute Gasteiger partial charge is 0.382 e. The summed E-state index contributed by atoms with van der Waals surface area (Å²) in [7, 11) is 0. The summed E-state index contributed by atoms with van der Waals surface area (Å²) in [4.78, 5) is 4.55. The zero-order valence-electron chi connectivity index (χ0n) is 13.6. The van der Waals surface area contributed by atoms with Crippen LogP contribution in [0.5, 0.6) is 0 Å². The highest BCUT2D eigenvalue weighted by molar-refractivity contribution is 5.79. The topological polar surface area (TPSA) is 69.4 Å². The third-order valence-electron chi connectivity index (χ3n) is 3.06. The van der Waals surface area contributed by atoms with E-state index in [1.54, 1.807) is 0 Å². The molecule has 120 valence electrons. The number of nitriles is 1. The molecular weight excluding hydrogens is 276 g/mol. The van der Waals surface area contributed by atoms with Crippen LogP contribution >= 0.6 is 0 Å². The molecule has 1 aromatic rings. The molecule has 5 nitrogen and oxygen atoms in total. The number of aliphatic imine (C=N–C) groups is 1. The fourth-order valence-corrected chi connectivity index (χ4v) is 1.88. The second-order valence-corrected chi connectivity index (χ2v) is 4.83. The fraction of sp³-hybridized carbons (Fsp3) is 0.529. The Morgan fingerprint density at radius 3 is 2.59 bits per heavy atom. The van der Waals surface area contributed by atoms with Crippen molar-refractivity contribution in [1.29, 1.82) is 5.26 Å². The normalized spacial score (nSPS) is 11.0. The van der Waals surface area contributed by atoms with Crippen LogP contribution in [0.1, 0.15) is 37.8 Å². The van der Waals surface area contributed by atoms with E-state index in [0.717, 1.165) is 50.7 Å². The minimum atomic E-state index is 0.597. The predicted octanol–water partition coefficient (Wildman–Crippen LogP) is 2.43. The number of nitrogens with zero attached hydrogens (tertiary/aromatic N) is 2. The average Bonchev–Trinajstić information content (AvgIpc) is 2.56. The van der Waals surface area contributed by atoms with E-state index in [4.69, 9.17) is 10.00 Å². The molecule has 0 aromatic heterocycles. The van der Waals surface area contributed by atoms with Crippen LogP contribution in [-0.2, 0) is 11.3 Å². The van der Waals surface area contributed by atoms with Crippen LogP contribution in [0.4, 0.5) is 0 Å². The molecule has 0 atom stereocenters. The molecule has 0 spiro atoms. The number of rotatable bonds is 9. The first-order chi connectivity index (χ1) is 10.8. The smallest absolute Gasteiger partial charge is 0.191 e. The Labute approximate surface area is 133 Å². The van der Waals surface area contributed by atoms with Gasteiger partial charge >= 0.3 is 0 Å². The van der Waals surface area contributed by atoms with Crippen molar-refractivity contribution in [2.24, 2.45) is 4.99 Å². The van der Waals surface area contributed by atoms with E-state index in [9.17, 15) is 0 Å². The number of unbranched alkanes of at least 4 members (excludes halogenated alkanes) is 1. The van der Waals surface area contributed by atoms with Crippen LogP contribution in [0.3, 0.4) is 0 Å². The average molecular weight is 302 g/mol. The van der Waals surface area contributed by atoms with E-state index in [-0.39, 0.29) is 0 Å². The van der Waals surface area contributed by atoms with Crippen molar-refractivity contribution < 1.29 is 4.74 Å². The maximum absolute atomic E-state index is 8.78. The zero-order valence-corrected chi connectivity index (χ0v) is 13.6. The molecule has 0 saturated carbocycles. The predicted molar refractivity (Wildman–Crippen MR) is 89.7 cm³/mol. The summed E-state index contributed by atoms with van der Waals surface area (Å²) in [6.45, 7) is 7.97. The summed E-state index contributed by atoms with van der Waals surface area (Å²) in [6.07, 6.45) is 2.11. The summed E-state index contributed by atoms with van der Waals surface area (Å²) in [6, 6.07) is 9.63. The van der Waals surface area contributed by atoms with Gasteiger partial charge in [0.15, 0.2) is 5.96 Å². The molecular formula is C17H26N4O. The Balaban J connectivity index is 2.38. The van der Waals surface area contributed by atoms with Crippen LogP contribution in [-0.4, -0.2) is 32.3 Å². The molecule has 0 aliphatic heterocycles. The SMILES string of the molecule is CCNC(=NCc1ccc(C#N)cc1)NCCCCOCC. The van der Waals surface area contributed by atoms with E-state index < -0.39 is 0 Å². The van der Waals surface area contributed by atoms with E-state index in [1.165, 1.54) is 0 Å². The third kappa shape index (κ3) is 7.65. The Hall–Kier alpha value is -2.06. The van der Waals surface area contributed by atoms with Crippen molar-refractivity contribution in [3.8, 4) is 6.07 Å². The lowest BCUT2D eigenvalue weighted by atomic mass is 10.1. The maximum atomic E-state index is 8.78. The molecule has 1 aromatic carbocycles. The van der Waals surface area contributed by atoms with Crippen molar-refractivity contribution in [1.82, 2.24) is 10.6 Å². The van der Waals surface area contributed by atoms with Gasteiger partial charge in [-0.1, -0.05) is 12.1 Å². The first-order valence-corrected chi connectivity index (χ1v) is 7.89. The Morgan fingerprint density at radius 2 is 1.95 bits per heavy atom. The molecule has 0 fully saturated rings. The van der Waals surface area contributed by atoms with Gasteiger partial charge < -0.3 is 15.4 Å². The molecule has 0 radical (unpaired) electrons. The third-order valence-corrected chi connectivity index (χ3v) is 3.06. The van der Waals surface area contributed by atoms with Gasteiger partial charge in [0.1, 0.15) is 0 Å². The monoisotopic (exact) mass is 302 g/mol. The van der Waals surface area contributed by atoms with E-state index in [0.29, 0.717) is 12.1 Å². The quantitative estimate of drug-likeness (QED) is 0.417. The van der Waals surface area contributed by atoms with Crippen molar-refractivity contribution in [3.63, 3.8) is 0 Å². The summed E-state index contributed by atoms with van der Waals surface area (Å²) >= 11 is 0. The van der Waals surface area contributed by atoms with Crippen molar-refractivity contribution in [3.05, 3.63) is 35.4 Å². The molecule has 22 heavy (non-hydrogen) atoms. The number of hydrogen-bond donors (Lipinski definition) is 2. The Kier molecular flexibility index (Phi) is 9.47. The first-order valence-electron chi connectivity index (χ1n) is 7.89. The molecule has 0 aliphatic carbocycles. The molecule has 2 N–H and O–H groups in total. The van der Waals surface area contributed by atoms with Gasteiger partial charge in [0.25, 0.3) is 0 Å². The van der Waals surface area contributed by atoms with Gasteiger partial charge in [0, 0.05) is 26.3 Å². The van der Waals surface area contributed by atoms with Gasteiger partial charge in [-0.15, -0.1) is 0 Å². The van der Waals surface area contributed by atoms with E-state index >= 15 is 0 Å². The van der Waals surface area contributed by atoms with Crippen molar-refractivity contribution in [2.45, 2.75) is 33.2 Å². The summed E-state index contributed by atoms with van der Waals surface area (Å²) in [5.74, 6) is 0.822. The van der Waals surface area contributed by atoms with Crippen LogP contribution in [0, 0.1) is 11.3 Å². The standard InChI is InChI=1S/C17H26N4O/c1-3-19-17(20-11-5-6-12-22-4-2)21-14-16-9-7-15(13-18)8-10-16/h7-10H,3-6,11-12,14H2,1-2H3,(H2,19,20,21). The molecule has 0 amide bonds. The van der Waals surface area contributed by atoms with Gasteiger partial charge in [-0.3, -0.25) is 0 Å². The number of hydrogen-bond acceptors (Lipinski definition) is 3. The van der Waals surface area contributed by atoms with Crippen LogP contribution in [0.25, 0.3) is 0 Å². The molecule has 1 rings (SSSR count). The second-order valence-electron chi connectivity index (χ2n) is 4.83. The second kappa shape index (κ2) is 11.6. The van der Waals surface area contributed by atoms with Crippen LogP contribution in [0.15, 0.2) is 29.3 Å². The lowest BCUT2D eigenvalue weighted by Crippen LogP contribution is -2.37. The van der Waals surface area contributed by atoms with Crippen molar-refractivity contribution >= 4 is 5.96 Å². The van der Waals surface area contributed by atoms with Crippen LogP contribution in [0.2, 0.25) is 0 Å². The van der Waals surface area contributed by atoms with Crippen molar-refractivity contribution in [2.75, 3.05) is 26.3 Å². The fourth-order valence-electron chi connectivity index (χ4n) is 1.88. The van der Waals surface area contributed by atoms with Gasteiger partial charge in [-0.05, 0) is 44.4 Å². The summed E-state index contributed by atoms with van der Waals surface area (Å²) < 4.78 is 5.32. The number of guanidine groups is 1. The molecule has 0 heterocycles. The highest BCUT2D eigenvalue weighted by Gasteiger charge is 1.98. The van der Waals surface area contributed by atoms with Gasteiger partial charge in [0.2, 0.25) is 0 Å².